The van der Waals surface area contributed by atoms with Crippen LogP contribution in [0.25, 0.3) is 12.2 Å². The average molecular weight is 440 g/mol. The molecule has 0 aliphatic carbocycles. The summed E-state index contributed by atoms with van der Waals surface area (Å²) in [5, 5.41) is 19.8. The van der Waals surface area contributed by atoms with Gasteiger partial charge < -0.3 is 19.7 Å². The Hall–Kier alpha value is -2.98. The number of benzene rings is 2. The van der Waals surface area contributed by atoms with E-state index in [2.05, 4.69) is 0 Å². The summed E-state index contributed by atoms with van der Waals surface area (Å²) in [5.41, 5.74) is 0.710. The van der Waals surface area contributed by atoms with Crippen LogP contribution in [0.2, 0.25) is 0 Å². The lowest BCUT2D eigenvalue weighted by Crippen LogP contribution is -2.11. The van der Waals surface area contributed by atoms with Gasteiger partial charge in [0.25, 0.3) is 0 Å². The van der Waals surface area contributed by atoms with E-state index < -0.39 is 24.8 Å². The number of hydrogen-bond acceptors (Lipinski definition) is 8. The standard InChI is InChI=1S/C19H20O8S2/c1-26-18-5-3-14(11-16(18)20)7-9-28(22,23)13-29(24,25)10-8-15-4-6-19(27-2)17(21)12-15/h3-12,20-21H,13H2,1-2H3/b9-7-,10-8+. The van der Waals surface area contributed by atoms with E-state index in [9.17, 15) is 27.0 Å². The SMILES string of the molecule is COc1ccc(/C=C\S(=O)(=O)CS(=O)(=O)/C=C/c2ccc(OC)c(O)c2)cc1O. The monoisotopic (exact) mass is 440 g/mol. The highest BCUT2D eigenvalue weighted by molar-refractivity contribution is 8.10. The molecule has 0 aliphatic rings. The fourth-order valence-electron chi connectivity index (χ4n) is 2.29. The number of methoxy groups -OCH3 is 2. The van der Waals surface area contributed by atoms with Crippen molar-refractivity contribution in [2.75, 3.05) is 19.3 Å². The first-order chi connectivity index (χ1) is 13.5. The van der Waals surface area contributed by atoms with E-state index in [-0.39, 0.29) is 23.0 Å². The second-order valence-electron chi connectivity index (χ2n) is 5.91. The van der Waals surface area contributed by atoms with Crippen LogP contribution in [0.5, 0.6) is 23.0 Å². The van der Waals surface area contributed by atoms with Gasteiger partial charge in [0.15, 0.2) is 47.8 Å². The zero-order chi connectivity index (χ0) is 21.7. The molecule has 2 N–H and O–H groups in total. The second-order valence-corrected chi connectivity index (χ2v) is 10.1. The fourth-order valence-corrected chi connectivity index (χ4v) is 5.48. The Morgan fingerprint density at radius 1 is 0.759 bits per heavy atom. The van der Waals surface area contributed by atoms with Crippen molar-refractivity contribution < 1.29 is 36.5 Å². The van der Waals surface area contributed by atoms with Gasteiger partial charge in [-0.25, -0.2) is 16.8 Å². The molecule has 8 nitrogen and oxygen atoms in total. The lowest BCUT2D eigenvalue weighted by Gasteiger charge is -2.04. The minimum absolute atomic E-state index is 0.176. The van der Waals surface area contributed by atoms with Gasteiger partial charge in [0.1, 0.15) is 0 Å². The Bertz CT molecular complexity index is 1060. The highest BCUT2D eigenvalue weighted by atomic mass is 32.3. The number of aromatic hydroxyl groups is 2. The summed E-state index contributed by atoms with van der Waals surface area (Å²) in [6.07, 6.45) is 2.35. The van der Waals surface area contributed by atoms with Gasteiger partial charge in [0.05, 0.1) is 14.2 Å². The second kappa shape index (κ2) is 9.01. The molecule has 2 rings (SSSR count). The first-order valence-electron chi connectivity index (χ1n) is 8.11. The third-order valence-electron chi connectivity index (χ3n) is 3.67. The van der Waals surface area contributed by atoms with Crippen molar-refractivity contribution >= 4 is 31.8 Å². The topological polar surface area (TPSA) is 127 Å². The molecule has 0 bridgehead atoms. The number of phenolic OH excluding ortho intramolecular Hbond substituents is 2. The van der Waals surface area contributed by atoms with Crippen LogP contribution < -0.4 is 9.47 Å². The average Bonchev–Trinajstić information content (AvgIpc) is 2.64. The molecule has 0 spiro atoms. The van der Waals surface area contributed by atoms with E-state index in [1.54, 1.807) is 0 Å². The number of phenols is 2. The molecule has 0 unspecified atom stereocenters. The predicted molar refractivity (Wildman–Crippen MR) is 110 cm³/mol. The summed E-state index contributed by atoms with van der Waals surface area (Å²) < 4.78 is 58.3. The van der Waals surface area contributed by atoms with E-state index >= 15 is 0 Å². The predicted octanol–water partition coefficient (Wildman–Crippen LogP) is 2.54. The highest BCUT2D eigenvalue weighted by Gasteiger charge is 2.17. The summed E-state index contributed by atoms with van der Waals surface area (Å²) in [7, 11) is -5.43. The highest BCUT2D eigenvalue weighted by Crippen LogP contribution is 2.28. The number of ether oxygens (including phenoxy) is 2. The van der Waals surface area contributed by atoms with Crippen LogP contribution >= 0.6 is 0 Å². The number of sulfone groups is 2. The molecule has 0 saturated heterocycles. The van der Waals surface area contributed by atoms with Crippen molar-refractivity contribution in [3.05, 3.63) is 58.3 Å². The zero-order valence-corrected chi connectivity index (χ0v) is 17.3. The molecule has 156 valence electrons. The van der Waals surface area contributed by atoms with Crippen molar-refractivity contribution in [1.82, 2.24) is 0 Å². The van der Waals surface area contributed by atoms with Gasteiger partial charge >= 0.3 is 0 Å². The van der Waals surface area contributed by atoms with Gasteiger partial charge in [-0.15, -0.1) is 0 Å². The minimum Gasteiger partial charge on any atom is -0.504 e. The molecule has 0 heterocycles. The van der Waals surface area contributed by atoms with Crippen molar-refractivity contribution in [3.8, 4) is 23.0 Å². The van der Waals surface area contributed by atoms with Gasteiger partial charge in [0, 0.05) is 10.8 Å². The minimum atomic E-state index is -4.09. The van der Waals surface area contributed by atoms with Gasteiger partial charge in [-0.2, -0.15) is 0 Å². The largest absolute Gasteiger partial charge is 0.504 e. The molecule has 10 heteroatoms. The summed E-state index contributed by atoms with van der Waals surface area (Å²) in [4.78, 5) is 0. The fraction of sp³-hybridized carbons (Fsp3) is 0.158. The van der Waals surface area contributed by atoms with Gasteiger partial charge in [-0.05, 0) is 47.5 Å². The normalized spacial score (nSPS) is 12.5. The number of hydrogen-bond donors (Lipinski definition) is 2. The Morgan fingerprint density at radius 3 is 1.45 bits per heavy atom. The van der Waals surface area contributed by atoms with E-state index in [0.717, 1.165) is 10.8 Å². The molecular formula is C19H20O8S2. The first-order valence-corrected chi connectivity index (χ1v) is 11.5. The molecule has 0 aliphatic heterocycles. The molecule has 0 fully saturated rings. The van der Waals surface area contributed by atoms with Crippen LogP contribution in [0.1, 0.15) is 11.1 Å². The molecular weight excluding hydrogens is 420 g/mol. The van der Waals surface area contributed by atoms with Gasteiger partial charge in [0.2, 0.25) is 0 Å². The smallest absolute Gasteiger partial charge is 0.186 e. The maximum Gasteiger partial charge on any atom is 0.186 e. The third-order valence-corrected chi connectivity index (χ3v) is 7.40. The first kappa shape index (κ1) is 22.3. The molecule has 0 radical (unpaired) electrons. The summed E-state index contributed by atoms with van der Waals surface area (Å²) in [6, 6.07) is 8.49. The van der Waals surface area contributed by atoms with E-state index in [1.165, 1.54) is 62.8 Å². The molecule has 0 aromatic heterocycles. The summed E-state index contributed by atoms with van der Waals surface area (Å²) in [5.74, 6) is 0.0975. The van der Waals surface area contributed by atoms with E-state index in [0.29, 0.717) is 11.1 Å². The van der Waals surface area contributed by atoms with Crippen LogP contribution in [0.4, 0.5) is 0 Å². The van der Waals surface area contributed by atoms with Crippen molar-refractivity contribution in [3.63, 3.8) is 0 Å². The van der Waals surface area contributed by atoms with Crippen molar-refractivity contribution in [1.29, 1.82) is 0 Å². The van der Waals surface area contributed by atoms with Gasteiger partial charge in [-0.1, -0.05) is 12.1 Å². The van der Waals surface area contributed by atoms with Crippen LogP contribution in [-0.2, 0) is 19.7 Å². The summed E-state index contributed by atoms with van der Waals surface area (Å²) >= 11 is 0. The van der Waals surface area contributed by atoms with Crippen molar-refractivity contribution in [2.45, 2.75) is 0 Å². The lowest BCUT2D eigenvalue weighted by atomic mass is 10.2. The van der Waals surface area contributed by atoms with E-state index in [1.807, 2.05) is 0 Å². The Morgan fingerprint density at radius 2 is 1.14 bits per heavy atom. The lowest BCUT2D eigenvalue weighted by molar-refractivity contribution is 0.373. The maximum absolute atomic E-state index is 12.1. The van der Waals surface area contributed by atoms with E-state index in [4.69, 9.17) is 9.47 Å². The van der Waals surface area contributed by atoms with Crippen LogP contribution in [0, 0.1) is 0 Å². The van der Waals surface area contributed by atoms with Crippen LogP contribution in [0.15, 0.2) is 47.2 Å². The zero-order valence-electron chi connectivity index (χ0n) is 15.6. The Labute approximate surface area is 169 Å². The Balaban J connectivity index is 2.13. The Kier molecular flexibility index (Phi) is 6.93. The molecule has 0 atom stereocenters. The van der Waals surface area contributed by atoms with Crippen LogP contribution in [-0.4, -0.2) is 46.4 Å². The molecule has 0 saturated carbocycles. The molecule has 0 amide bonds. The van der Waals surface area contributed by atoms with Gasteiger partial charge in [-0.3, -0.25) is 0 Å². The van der Waals surface area contributed by atoms with Crippen LogP contribution in [0.3, 0.4) is 0 Å². The quantitative estimate of drug-likeness (QED) is 0.641. The molecule has 29 heavy (non-hydrogen) atoms. The summed E-state index contributed by atoms with van der Waals surface area (Å²) in [6.45, 7) is 0. The maximum atomic E-state index is 12.1. The molecule has 2 aromatic rings. The molecule has 2 aromatic carbocycles. The number of rotatable bonds is 8. The van der Waals surface area contributed by atoms with Crippen molar-refractivity contribution in [2.24, 2.45) is 0 Å². The third kappa shape index (κ3) is 6.54.